The van der Waals surface area contributed by atoms with Crippen LogP contribution in [0.4, 0.5) is 0 Å². The molecular weight excluding hydrogens is 264 g/mol. The first-order chi connectivity index (χ1) is 9.22. The molecule has 0 unspecified atom stereocenters. The highest BCUT2D eigenvalue weighted by Gasteiger charge is 2.13. The van der Waals surface area contributed by atoms with E-state index in [0.717, 1.165) is 27.8 Å². The van der Waals surface area contributed by atoms with Gasteiger partial charge in [0.2, 0.25) is 4.96 Å². The zero-order valence-corrected chi connectivity index (χ0v) is 11.3. The van der Waals surface area contributed by atoms with Gasteiger partial charge < -0.3 is 9.84 Å². The van der Waals surface area contributed by atoms with Gasteiger partial charge in [-0.15, -0.1) is 10.2 Å². The maximum Gasteiger partial charge on any atom is 0.234 e. The van der Waals surface area contributed by atoms with Crippen LogP contribution in [0, 0.1) is 0 Å². The number of phenolic OH excluding ortho intramolecular Hbond substituents is 1. The van der Waals surface area contributed by atoms with Crippen molar-refractivity contribution in [2.75, 3.05) is 7.11 Å². The number of hydrogen-bond donors (Lipinski definition) is 1. The molecule has 98 valence electrons. The van der Waals surface area contributed by atoms with Crippen LogP contribution in [-0.2, 0) is 6.42 Å². The van der Waals surface area contributed by atoms with Crippen LogP contribution in [0.1, 0.15) is 12.7 Å². The van der Waals surface area contributed by atoms with E-state index >= 15 is 0 Å². The Bertz CT molecular complexity index is 734. The molecule has 0 saturated carbocycles. The standard InChI is InChI=1S/C12H12N4O2S/c1-3-10-13-14-12-16(10)15-11(19-12)7-4-5-8(17)9(6-7)18-2/h4-6,17H,3H2,1-2H3. The van der Waals surface area contributed by atoms with Crippen LogP contribution < -0.4 is 4.74 Å². The average Bonchev–Trinajstić information content (AvgIpc) is 2.99. The molecule has 7 heteroatoms. The van der Waals surface area contributed by atoms with Gasteiger partial charge in [-0.05, 0) is 18.2 Å². The molecular formula is C12H12N4O2S. The molecule has 1 N–H and O–H groups in total. The Morgan fingerprint density at radius 1 is 1.37 bits per heavy atom. The number of fused-ring (bicyclic) bond motifs is 1. The Morgan fingerprint density at radius 3 is 2.95 bits per heavy atom. The summed E-state index contributed by atoms with van der Waals surface area (Å²) in [5.41, 5.74) is 0.882. The van der Waals surface area contributed by atoms with Crippen LogP contribution in [-0.4, -0.2) is 32.0 Å². The molecule has 3 rings (SSSR count). The van der Waals surface area contributed by atoms with E-state index in [4.69, 9.17) is 4.74 Å². The molecule has 0 radical (unpaired) electrons. The third-order valence-corrected chi connectivity index (χ3v) is 3.75. The van der Waals surface area contributed by atoms with Gasteiger partial charge in [0.15, 0.2) is 17.3 Å². The molecule has 0 spiro atoms. The van der Waals surface area contributed by atoms with Crippen LogP contribution in [0.5, 0.6) is 11.5 Å². The second-order valence-corrected chi connectivity index (χ2v) is 4.91. The maximum atomic E-state index is 9.59. The van der Waals surface area contributed by atoms with Gasteiger partial charge in [-0.2, -0.15) is 9.61 Å². The summed E-state index contributed by atoms with van der Waals surface area (Å²) in [7, 11) is 1.52. The van der Waals surface area contributed by atoms with Crippen LogP contribution in [0.2, 0.25) is 0 Å². The number of aromatic hydroxyl groups is 1. The summed E-state index contributed by atoms with van der Waals surface area (Å²) in [4.78, 5) is 0.763. The number of methoxy groups -OCH3 is 1. The fourth-order valence-electron chi connectivity index (χ4n) is 1.81. The van der Waals surface area contributed by atoms with Gasteiger partial charge in [0.25, 0.3) is 0 Å². The number of hydrogen-bond acceptors (Lipinski definition) is 6. The topological polar surface area (TPSA) is 72.5 Å². The zero-order chi connectivity index (χ0) is 13.4. The summed E-state index contributed by atoms with van der Waals surface area (Å²) in [5.74, 6) is 1.38. The zero-order valence-electron chi connectivity index (χ0n) is 10.5. The van der Waals surface area contributed by atoms with E-state index in [9.17, 15) is 5.11 Å². The molecule has 0 fully saturated rings. The highest BCUT2D eigenvalue weighted by atomic mass is 32.1. The van der Waals surface area contributed by atoms with Crippen molar-refractivity contribution >= 4 is 16.3 Å². The van der Waals surface area contributed by atoms with Crippen molar-refractivity contribution in [1.29, 1.82) is 0 Å². The van der Waals surface area contributed by atoms with E-state index in [1.54, 1.807) is 22.7 Å². The molecule has 0 aliphatic carbocycles. The summed E-state index contributed by atoms with van der Waals surface area (Å²) in [6, 6.07) is 5.15. The minimum atomic E-state index is 0.114. The Labute approximate surface area is 113 Å². The van der Waals surface area contributed by atoms with E-state index in [1.807, 2.05) is 6.92 Å². The lowest BCUT2D eigenvalue weighted by molar-refractivity contribution is 0.373. The summed E-state index contributed by atoms with van der Waals surface area (Å²) < 4.78 is 6.85. The second kappa shape index (κ2) is 4.51. The first-order valence-electron chi connectivity index (χ1n) is 5.81. The Kier molecular flexibility index (Phi) is 2.83. The fourth-order valence-corrected chi connectivity index (χ4v) is 2.66. The number of benzene rings is 1. The summed E-state index contributed by atoms with van der Waals surface area (Å²) in [6.45, 7) is 2.01. The van der Waals surface area contributed by atoms with Crippen LogP contribution in [0.15, 0.2) is 18.2 Å². The molecule has 0 saturated heterocycles. The molecule has 3 aromatic rings. The smallest absolute Gasteiger partial charge is 0.234 e. The highest BCUT2D eigenvalue weighted by molar-refractivity contribution is 7.19. The van der Waals surface area contributed by atoms with Gasteiger partial charge in [0.1, 0.15) is 5.01 Å². The minimum Gasteiger partial charge on any atom is -0.504 e. The number of ether oxygens (including phenoxy) is 1. The van der Waals surface area contributed by atoms with Gasteiger partial charge in [-0.25, -0.2) is 0 Å². The van der Waals surface area contributed by atoms with Crippen molar-refractivity contribution in [3.63, 3.8) is 0 Å². The maximum absolute atomic E-state index is 9.59. The predicted molar refractivity (Wildman–Crippen MR) is 71.7 cm³/mol. The van der Waals surface area contributed by atoms with Gasteiger partial charge in [-0.3, -0.25) is 0 Å². The molecule has 6 nitrogen and oxygen atoms in total. The molecule has 2 heterocycles. The van der Waals surface area contributed by atoms with E-state index in [1.165, 1.54) is 18.4 Å². The van der Waals surface area contributed by atoms with Crippen LogP contribution in [0.3, 0.4) is 0 Å². The number of phenols is 1. The minimum absolute atomic E-state index is 0.114. The molecule has 1 aromatic carbocycles. The number of rotatable bonds is 3. The third kappa shape index (κ3) is 1.91. The highest BCUT2D eigenvalue weighted by Crippen LogP contribution is 2.33. The lowest BCUT2D eigenvalue weighted by Crippen LogP contribution is -1.93. The van der Waals surface area contributed by atoms with Crippen molar-refractivity contribution in [2.45, 2.75) is 13.3 Å². The number of nitrogens with zero attached hydrogens (tertiary/aromatic N) is 4. The lowest BCUT2D eigenvalue weighted by Gasteiger charge is -2.04. The summed E-state index contributed by atoms with van der Waals surface area (Å²) in [6.07, 6.45) is 0.781. The van der Waals surface area contributed by atoms with Crippen LogP contribution >= 0.6 is 11.3 Å². The van der Waals surface area contributed by atoms with Crippen molar-refractivity contribution < 1.29 is 9.84 Å². The van der Waals surface area contributed by atoms with Crippen molar-refractivity contribution in [2.24, 2.45) is 0 Å². The van der Waals surface area contributed by atoms with Gasteiger partial charge in [0, 0.05) is 12.0 Å². The van der Waals surface area contributed by atoms with Gasteiger partial charge in [-0.1, -0.05) is 18.3 Å². The van der Waals surface area contributed by atoms with Gasteiger partial charge in [0.05, 0.1) is 7.11 Å². The van der Waals surface area contributed by atoms with Crippen molar-refractivity contribution in [3.8, 4) is 22.1 Å². The predicted octanol–water partition coefficient (Wildman–Crippen LogP) is 2.13. The number of aryl methyl sites for hydroxylation is 1. The molecule has 19 heavy (non-hydrogen) atoms. The monoisotopic (exact) mass is 276 g/mol. The molecule has 2 aromatic heterocycles. The third-order valence-electron chi connectivity index (χ3n) is 2.80. The quantitative estimate of drug-likeness (QED) is 0.793. The normalized spacial score (nSPS) is 11.1. The van der Waals surface area contributed by atoms with Crippen molar-refractivity contribution in [3.05, 3.63) is 24.0 Å². The summed E-state index contributed by atoms with van der Waals surface area (Å²) >= 11 is 1.45. The van der Waals surface area contributed by atoms with Gasteiger partial charge >= 0.3 is 0 Å². The Balaban J connectivity index is 2.10. The molecule has 0 aliphatic rings. The van der Waals surface area contributed by atoms with E-state index in [0.29, 0.717) is 5.75 Å². The van der Waals surface area contributed by atoms with Crippen LogP contribution in [0.25, 0.3) is 15.5 Å². The average molecular weight is 276 g/mol. The van der Waals surface area contributed by atoms with E-state index in [2.05, 4.69) is 15.3 Å². The molecule has 0 amide bonds. The van der Waals surface area contributed by atoms with Crippen molar-refractivity contribution in [1.82, 2.24) is 19.8 Å². The Hall–Kier alpha value is -2.15. The molecule has 0 aliphatic heterocycles. The molecule has 0 atom stereocenters. The second-order valence-electron chi connectivity index (χ2n) is 3.96. The first-order valence-corrected chi connectivity index (χ1v) is 6.63. The molecule has 0 bridgehead atoms. The van der Waals surface area contributed by atoms with E-state index in [-0.39, 0.29) is 5.75 Å². The SMILES string of the molecule is CCc1nnc2sc(-c3ccc(O)c(OC)c3)nn12. The Morgan fingerprint density at radius 2 is 2.21 bits per heavy atom. The largest absolute Gasteiger partial charge is 0.504 e. The lowest BCUT2D eigenvalue weighted by atomic mass is 10.2. The first kappa shape index (κ1) is 11.9. The fraction of sp³-hybridized carbons (Fsp3) is 0.250. The number of aromatic nitrogens is 4. The summed E-state index contributed by atoms with van der Waals surface area (Å²) in [5, 5.41) is 23.0. The van der Waals surface area contributed by atoms with E-state index < -0.39 is 0 Å².